The van der Waals surface area contributed by atoms with E-state index >= 15 is 0 Å². The molecule has 1 N–H and O–H groups in total. The molecule has 0 bridgehead atoms. The van der Waals surface area contributed by atoms with Gasteiger partial charge in [0.05, 0.1) is 11.5 Å². The Kier molecular flexibility index (Phi) is 2.89. The Morgan fingerprint density at radius 3 is 2.53 bits per heavy atom. The molecule has 0 spiro atoms. The number of nitrogens with zero attached hydrogens (tertiary/aromatic N) is 2. The number of halogens is 3. The highest BCUT2D eigenvalue weighted by molar-refractivity contribution is 5.39. The number of aromatic nitrogens is 1. The van der Waals surface area contributed by atoms with Gasteiger partial charge in [-0.05, 0) is 0 Å². The van der Waals surface area contributed by atoms with E-state index < -0.39 is 29.1 Å². The van der Waals surface area contributed by atoms with Crippen LogP contribution in [0.2, 0.25) is 0 Å². The molecule has 0 aliphatic carbocycles. The van der Waals surface area contributed by atoms with Crippen LogP contribution in [0.25, 0.3) is 0 Å². The van der Waals surface area contributed by atoms with Gasteiger partial charge in [-0.15, -0.1) is 0 Å². The van der Waals surface area contributed by atoms with E-state index in [1.54, 1.807) is 0 Å². The summed E-state index contributed by atoms with van der Waals surface area (Å²) < 4.78 is 36.6. The number of hydrogen-bond donors (Lipinski definition) is 1. The van der Waals surface area contributed by atoms with E-state index in [4.69, 9.17) is 5.11 Å². The molecule has 1 heterocycles. The highest BCUT2D eigenvalue weighted by Gasteiger charge is 2.40. The molecule has 0 aromatic carbocycles. The molecule has 0 amide bonds. The second-order valence-electron chi connectivity index (χ2n) is 2.62. The largest absolute Gasteiger partial charge is 0.440 e. The Morgan fingerprint density at radius 1 is 1.53 bits per heavy atom. The van der Waals surface area contributed by atoms with Crippen molar-refractivity contribution in [3.05, 3.63) is 33.6 Å². The van der Waals surface area contributed by atoms with E-state index in [0.29, 0.717) is 6.07 Å². The zero-order valence-corrected chi connectivity index (χ0v) is 7.15. The van der Waals surface area contributed by atoms with Crippen LogP contribution in [-0.2, 0) is 12.8 Å². The van der Waals surface area contributed by atoms with Crippen LogP contribution in [0, 0.1) is 10.1 Å². The topological polar surface area (TPSA) is 76.3 Å². The molecular weight excluding hydrogens is 217 g/mol. The quantitative estimate of drug-likeness (QED) is 0.607. The fourth-order valence-electron chi connectivity index (χ4n) is 0.939. The summed E-state index contributed by atoms with van der Waals surface area (Å²) in [5, 5.41) is 18.9. The van der Waals surface area contributed by atoms with Gasteiger partial charge in [-0.2, -0.15) is 13.2 Å². The van der Waals surface area contributed by atoms with Gasteiger partial charge in [-0.1, -0.05) is 0 Å². The molecule has 15 heavy (non-hydrogen) atoms. The predicted molar refractivity (Wildman–Crippen MR) is 41.8 cm³/mol. The van der Waals surface area contributed by atoms with E-state index in [0.717, 1.165) is 6.20 Å². The third kappa shape index (κ3) is 2.40. The summed E-state index contributed by atoms with van der Waals surface area (Å²) in [4.78, 5) is 12.1. The summed E-state index contributed by atoms with van der Waals surface area (Å²) in [6.45, 7) is -0.605. The van der Waals surface area contributed by atoms with Gasteiger partial charge < -0.3 is 5.11 Å². The second kappa shape index (κ2) is 3.81. The van der Waals surface area contributed by atoms with E-state index in [1.165, 1.54) is 0 Å². The summed E-state index contributed by atoms with van der Waals surface area (Å²) in [6.07, 6.45) is -4.13. The summed E-state index contributed by atoms with van der Waals surface area (Å²) in [5.41, 5.74) is -2.77. The maximum absolute atomic E-state index is 12.2. The van der Waals surface area contributed by atoms with E-state index in [9.17, 15) is 23.3 Å². The molecule has 1 rings (SSSR count). The van der Waals surface area contributed by atoms with E-state index in [2.05, 4.69) is 4.98 Å². The number of pyridine rings is 1. The lowest BCUT2D eigenvalue weighted by molar-refractivity contribution is -0.388. The van der Waals surface area contributed by atoms with Crippen LogP contribution in [0.1, 0.15) is 11.3 Å². The van der Waals surface area contributed by atoms with Gasteiger partial charge in [0.2, 0.25) is 5.69 Å². The average Bonchev–Trinajstić information content (AvgIpc) is 2.15. The summed E-state index contributed by atoms with van der Waals surface area (Å²) in [7, 11) is 0. The first-order valence-corrected chi connectivity index (χ1v) is 3.67. The Labute approximate surface area is 81.3 Å². The van der Waals surface area contributed by atoms with Gasteiger partial charge in [0.1, 0.15) is 0 Å². The smallest absolute Gasteiger partial charge is 0.392 e. The summed E-state index contributed by atoms with van der Waals surface area (Å²) in [5.74, 6) is 0. The molecule has 0 atom stereocenters. The van der Waals surface area contributed by atoms with Gasteiger partial charge in [-0.25, -0.2) is 4.98 Å². The van der Waals surface area contributed by atoms with Crippen LogP contribution in [0.15, 0.2) is 12.3 Å². The monoisotopic (exact) mass is 222 g/mol. The number of nitro groups is 1. The van der Waals surface area contributed by atoms with Crippen molar-refractivity contribution in [3.8, 4) is 0 Å². The molecular formula is C7H5F3N2O3. The van der Waals surface area contributed by atoms with Crippen molar-refractivity contribution in [1.29, 1.82) is 0 Å². The zero-order valence-electron chi connectivity index (χ0n) is 7.15. The number of aliphatic hydroxyl groups is 1. The Balaban J connectivity index is 3.34. The van der Waals surface area contributed by atoms with Crippen molar-refractivity contribution in [3.63, 3.8) is 0 Å². The molecule has 0 saturated carbocycles. The van der Waals surface area contributed by atoms with Crippen LogP contribution < -0.4 is 0 Å². The number of aliphatic hydroxyl groups excluding tert-OH is 1. The Bertz CT molecular complexity index is 392. The van der Waals surface area contributed by atoms with Crippen LogP contribution in [-0.4, -0.2) is 15.0 Å². The maximum Gasteiger partial charge on any atom is 0.440 e. The van der Waals surface area contributed by atoms with Crippen LogP contribution in [0.5, 0.6) is 0 Å². The van der Waals surface area contributed by atoms with Crippen LogP contribution in [0.3, 0.4) is 0 Å². The summed E-state index contributed by atoms with van der Waals surface area (Å²) in [6, 6.07) is 0.649. The first-order chi connectivity index (χ1) is 6.86. The highest BCUT2D eigenvalue weighted by atomic mass is 19.4. The van der Waals surface area contributed by atoms with Crippen molar-refractivity contribution in [2.75, 3.05) is 0 Å². The molecule has 0 unspecified atom stereocenters. The average molecular weight is 222 g/mol. The normalized spacial score (nSPS) is 11.5. The number of rotatable bonds is 2. The van der Waals surface area contributed by atoms with E-state index in [-0.39, 0.29) is 5.56 Å². The van der Waals surface area contributed by atoms with E-state index in [1.807, 2.05) is 0 Å². The molecule has 82 valence electrons. The second-order valence-corrected chi connectivity index (χ2v) is 2.62. The van der Waals surface area contributed by atoms with Gasteiger partial charge in [0.25, 0.3) is 5.69 Å². The maximum atomic E-state index is 12.2. The molecule has 5 nitrogen and oxygen atoms in total. The molecule has 0 radical (unpaired) electrons. The fourth-order valence-corrected chi connectivity index (χ4v) is 0.939. The molecule has 0 aliphatic heterocycles. The lowest BCUT2D eigenvalue weighted by Crippen LogP contribution is -2.12. The Hall–Kier alpha value is -1.70. The van der Waals surface area contributed by atoms with Gasteiger partial charge >= 0.3 is 6.18 Å². The lowest BCUT2D eigenvalue weighted by Gasteiger charge is -2.06. The molecule has 0 saturated heterocycles. The molecule has 0 aliphatic rings. The minimum atomic E-state index is -4.88. The predicted octanol–water partition coefficient (Wildman–Crippen LogP) is 1.50. The zero-order chi connectivity index (χ0) is 11.6. The van der Waals surface area contributed by atoms with Crippen molar-refractivity contribution < 1.29 is 23.2 Å². The van der Waals surface area contributed by atoms with Crippen molar-refractivity contribution in [2.45, 2.75) is 12.8 Å². The third-order valence-corrected chi connectivity index (χ3v) is 1.57. The van der Waals surface area contributed by atoms with Gasteiger partial charge in [0.15, 0.2) is 0 Å². The lowest BCUT2D eigenvalue weighted by atomic mass is 10.2. The molecule has 1 aromatic rings. The minimum Gasteiger partial charge on any atom is -0.392 e. The molecule has 1 aromatic heterocycles. The van der Waals surface area contributed by atoms with Gasteiger partial charge in [0, 0.05) is 17.8 Å². The third-order valence-electron chi connectivity index (χ3n) is 1.57. The minimum absolute atomic E-state index is 0.0466. The molecule has 0 fully saturated rings. The number of alkyl halides is 3. The first kappa shape index (κ1) is 11.4. The number of hydrogen-bond acceptors (Lipinski definition) is 4. The summed E-state index contributed by atoms with van der Waals surface area (Å²) >= 11 is 0. The van der Waals surface area contributed by atoms with Gasteiger partial charge in [-0.3, -0.25) is 10.1 Å². The van der Waals surface area contributed by atoms with Crippen molar-refractivity contribution in [2.24, 2.45) is 0 Å². The SMILES string of the molecule is O=[N+]([O-])c1cc(CO)cnc1C(F)(F)F. The van der Waals surface area contributed by atoms with Crippen molar-refractivity contribution in [1.82, 2.24) is 4.98 Å². The van der Waals surface area contributed by atoms with Crippen LogP contribution in [0.4, 0.5) is 18.9 Å². The standard InChI is InChI=1S/C7H5F3N2O3/c8-7(9,10)6-5(12(14)15)1-4(3-13)2-11-6/h1-2,13H,3H2. The fraction of sp³-hybridized carbons (Fsp3) is 0.286. The Morgan fingerprint density at radius 2 is 2.13 bits per heavy atom. The first-order valence-electron chi connectivity index (χ1n) is 3.67. The van der Waals surface area contributed by atoms with Crippen LogP contribution >= 0.6 is 0 Å². The molecule has 8 heteroatoms. The van der Waals surface area contributed by atoms with Crippen molar-refractivity contribution >= 4 is 5.69 Å². The highest BCUT2D eigenvalue weighted by Crippen LogP contribution is 2.34.